The maximum Gasteiger partial charge on any atom is 0.268 e. The molecule has 30 heavy (non-hydrogen) atoms. The van der Waals surface area contributed by atoms with Crippen molar-refractivity contribution >= 4 is 28.6 Å². The van der Waals surface area contributed by atoms with E-state index in [0.29, 0.717) is 34.0 Å². The number of halogens is 2. The number of ether oxygens (including phenoxy) is 1. The molecule has 0 bridgehead atoms. The highest BCUT2D eigenvalue weighted by Crippen LogP contribution is 2.23. The Morgan fingerprint density at radius 1 is 1.17 bits per heavy atom. The first kappa shape index (κ1) is 19.8. The molecule has 152 valence electrons. The SMILES string of the molecule is NCc1cc(Oc2cccc(C(=O)N(Cl)Cc3cc4cc(F)ccc4[nH]3)c2)ncn1. The van der Waals surface area contributed by atoms with Gasteiger partial charge in [-0.15, -0.1) is 0 Å². The number of rotatable bonds is 6. The Morgan fingerprint density at radius 2 is 2.03 bits per heavy atom. The third-order valence-corrected chi connectivity index (χ3v) is 4.65. The normalized spacial score (nSPS) is 10.9. The van der Waals surface area contributed by atoms with Gasteiger partial charge in [0.1, 0.15) is 17.9 Å². The van der Waals surface area contributed by atoms with Crippen molar-refractivity contribution in [2.45, 2.75) is 13.1 Å². The Balaban J connectivity index is 1.48. The molecule has 0 unspecified atom stereocenters. The van der Waals surface area contributed by atoms with Crippen LogP contribution in [0, 0.1) is 5.82 Å². The van der Waals surface area contributed by atoms with Crippen molar-refractivity contribution in [2.75, 3.05) is 0 Å². The van der Waals surface area contributed by atoms with E-state index in [0.717, 1.165) is 9.94 Å². The van der Waals surface area contributed by atoms with Gasteiger partial charge in [0.2, 0.25) is 5.88 Å². The maximum atomic E-state index is 13.4. The lowest BCUT2D eigenvalue weighted by molar-refractivity contribution is 0.0856. The zero-order valence-electron chi connectivity index (χ0n) is 15.7. The summed E-state index contributed by atoms with van der Waals surface area (Å²) in [4.78, 5) is 23.9. The monoisotopic (exact) mass is 425 g/mol. The number of nitrogens with zero attached hydrogens (tertiary/aromatic N) is 3. The van der Waals surface area contributed by atoms with Crippen LogP contribution in [0.2, 0.25) is 0 Å². The molecule has 0 aliphatic heterocycles. The van der Waals surface area contributed by atoms with Crippen LogP contribution in [0.4, 0.5) is 4.39 Å². The number of benzene rings is 2. The van der Waals surface area contributed by atoms with Gasteiger partial charge in [0.05, 0.1) is 12.2 Å². The second-order valence-corrected chi connectivity index (χ2v) is 6.94. The molecule has 2 heterocycles. The highest BCUT2D eigenvalue weighted by molar-refractivity contribution is 6.24. The van der Waals surface area contributed by atoms with Gasteiger partial charge < -0.3 is 15.5 Å². The first-order valence-electron chi connectivity index (χ1n) is 9.05. The number of nitrogens with one attached hydrogen (secondary N) is 1. The van der Waals surface area contributed by atoms with E-state index in [2.05, 4.69) is 15.0 Å². The van der Waals surface area contributed by atoms with Crippen molar-refractivity contribution < 1.29 is 13.9 Å². The van der Waals surface area contributed by atoms with Gasteiger partial charge in [0.25, 0.3) is 5.91 Å². The molecule has 0 fully saturated rings. The number of carbonyl (C=O) groups is 1. The van der Waals surface area contributed by atoms with Crippen molar-refractivity contribution in [3.05, 3.63) is 83.7 Å². The fraction of sp³-hybridized carbons (Fsp3) is 0.0952. The third-order valence-electron chi connectivity index (χ3n) is 4.38. The number of carbonyl (C=O) groups excluding carboxylic acids is 1. The summed E-state index contributed by atoms with van der Waals surface area (Å²) < 4.78 is 20.1. The maximum absolute atomic E-state index is 13.4. The summed E-state index contributed by atoms with van der Waals surface area (Å²) in [6, 6.07) is 14.4. The van der Waals surface area contributed by atoms with E-state index in [1.807, 2.05) is 0 Å². The number of hydrogen-bond donors (Lipinski definition) is 2. The molecule has 0 saturated carbocycles. The van der Waals surface area contributed by atoms with Crippen molar-refractivity contribution in [1.29, 1.82) is 0 Å². The molecule has 0 aliphatic carbocycles. The molecular weight excluding hydrogens is 409 g/mol. The molecule has 2 aromatic heterocycles. The molecular formula is C21H17ClFN5O2. The number of aromatic nitrogens is 3. The fourth-order valence-corrected chi connectivity index (χ4v) is 3.19. The first-order chi connectivity index (χ1) is 14.5. The molecule has 9 heteroatoms. The van der Waals surface area contributed by atoms with Crippen molar-refractivity contribution in [1.82, 2.24) is 19.4 Å². The summed E-state index contributed by atoms with van der Waals surface area (Å²) in [6.07, 6.45) is 1.36. The quantitative estimate of drug-likeness (QED) is 0.452. The summed E-state index contributed by atoms with van der Waals surface area (Å²) in [5, 5.41) is 0.708. The van der Waals surface area contributed by atoms with E-state index in [-0.39, 0.29) is 18.9 Å². The van der Waals surface area contributed by atoms with Gasteiger partial charge in [-0.25, -0.2) is 18.8 Å². The van der Waals surface area contributed by atoms with E-state index in [1.54, 1.807) is 42.5 Å². The average Bonchev–Trinajstić information content (AvgIpc) is 3.14. The number of hydrogen-bond acceptors (Lipinski definition) is 5. The lowest BCUT2D eigenvalue weighted by Gasteiger charge is -2.14. The molecule has 0 aliphatic rings. The summed E-state index contributed by atoms with van der Waals surface area (Å²) in [5.41, 5.74) is 8.00. The minimum absolute atomic E-state index is 0.119. The largest absolute Gasteiger partial charge is 0.439 e. The van der Waals surface area contributed by atoms with Gasteiger partial charge in [-0.1, -0.05) is 6.07 Å². The van der Waals surface area contributed by atoms with Gasteiger partial charge in [-0.05, 0) is 42.5 Å². The summed E-state index contributed by atoms with van der Waals surface area (Å²) in [6.45, 7) is 0.382. The zero-order valence-corrected chi connectivity index (χ0v) is 16.4. The Bertz CT molecular complexity index is 1210. The van der Waals surface area contributed by atoms with Crippen molar-refractivity contribution in [2.24, 2.45) is 5.73 Å². The number of amides is 1. The molecule has 0 atom stereocenters. The van der Waals surface area contributed by atoms with Crippen LogP contribution in [0.3, 0.4) is 0 Å². The van der Waals surface area contributed by atoms with Gasteiger partial charge >= 0.3 is 0 Å². The van der Waals surface area contributed by atoms with Crippen LogP contribution in [-0.2, 0) is 13.1 Å². The predicted octanol–water partition coefficient (Wildman–Crippen LogP) is 4.14. The van der Waals surface area contributed by atoms with Gasteiger partial charge in [-0.2, -0.15) is 0 Å². The van der Waals surface area contributed by atoms with Crippen LogP contribution in [0.1, 0.15) is 21.7 Å². The molecule has 0 spiro atoms. The molecule has 1 amide bonds. The Hall–Kier alpha value is -3.49. The molecule has 4 rings (SSSR count). The Labute approximate surface area is 176 Å². The van der Waals surface area contributed by atoms with E-state index in [1.165, 1.54) is 18.5 Å². The zero-order chi connectivity index (χ0) is 21.1. The van der Waals surface area contributed by atoms with Crippen molar-refractivity contribution in [3.8, 4) is 11.6 Å². The first-order valence-corrected chi connectivity index (χ1v) is 9.39. The second kappa shape index (κ2) is 8.48. The molecule has 4 aromatic rings. The number of fused-ring (bicyclic) bond motifs is 1. The summed E-state index contributed by atoms with van der Waals surface area (Å²) >= 11 is 6.23. The predicted molar refractivity (Wildman–Crippen MR) is 110 cm³/mol. The highest BCUT2D eigenvalue weighted by atomic mass is 35.5. The lowest BCUT2D eigenvalue weighted by atomic mass is 10.2. The molecule has 7 nitrogen and oxygen atoms in total. The Kier molecular flexibility index (Phi) is 5.60. The van der Waals surface area contributed by atoms with Crippen LogP contribution in [0.25, 0.3) is 10.9 Å². The lowest BCUT2D eigenvalue weighted by Crippen LogP contribution is -2.21. The number of nitrogens with two attached hydrogens (primary N) is 1. The van der Waals surface area contributed by atoms with Gasteiger partial charge in [-0.3, -0.25) is 4.79 Å². The van der Waals surface area contributed by atoms with Crippen LogP contribution >= 0.6 is 11.8 Å². The second-order valence-electron chi connectivity index (χ2n) is 6.53. The van der Waals surface area contributed by atoms with Crippen LogP contribution in [-0.4, -0.2) is 25.3 Å². The van der Waals surface area contributed by atoms with Crippen LogP contribution < -0.4 is 10.5 Å². The van der Waals surface area contributed by atoms with Gasteiger partial charge in [0.15, 0.2) is 0 Å². The standard InChI is InChI=1S/C21H17ClFN5O2/c22-28(11-17-7-14-6-15(23)4-5-19(14)27-17)21(29)13-2-1-3-18(8-13)30-20-9-16(10-24)25-12-26-20/h1-9,12,27H,10-11,24H2. The van der Waals surface area contributed by atoms with Crippen molar-refractivity contribution in [3.63, 3.8) is 0 Å². The van der Waals surface area contributed by atoms with E-state index >= 15 is 0 Å². The Morgan fingerprint density at radius 3 is 2.87 bits per heavy atom. The fourth-order valence-electron chi connectivity index (χ4n) is 2.97. The smallest absolute Gasteiger partial charge is 0.268 e. The highest BCUT2D eigenvalue weighted by Gasteiger charge is 2.16. The summed E-state index contributed by atoms with van der Waals surface area (Å²) in [5.74, 6) is 0.0139. The molecule has 0 saturated heterocycles. The summed E-state index contributed by atoms with van der Waals surface area (Å²) in [7, 11) is 0. The minimum Gasteiger partial charge on any atom is -0.439 e. The molecule has 3 N–H and O–H groups in total. The third kappa shape index (κ3) is 4.40. The minimum atomic E-state index is -0.405. The molecule has 2 aromatic carbocycles. The average molecular weight is 426 g/mol. The number of H-pyrrole nitrogens is 1. The topological polar surface area (TPSA) is 97.1 Å². The van der Waals surface area contributed by atoms with E-state index < -0.39 is 5.91 Å². The van der Waals surface area contributed by atoms with E-state index in [4.69, 9.17) is 22.2 Å². The van der Waals surface area contributed by atoms with E-state index in [9.17, 15) is 9.18 Å². The van der Waals surface area contributed by atoms with Crippen LogP contribution in [0.15, 0.2) is 60.9 Å². The number of aromatic amines is 1. The molecule has 0 radical (unpaired) electrons. The van der Waals surface area contributed by atoms with Gasteiger partial charge in [0, 0.05) is 46.5 Å². The van der Waals surface area contributed by atoms with Crippen LogP contribution in [0.5, 0.6) is 11.6 Å².